The highest BCUT2D eigenvalue weighted by atomic mass is 16.6. The molecular weight excluding hydrogens is 224 g/mol. The Bertz CT molecular complexity index is 467. The summed E-state index contributed by atoms with van der Waals surface area (Å²) in [6, 6.07) is 18.9. The molecule has 0 heterocycles. The molecule has 0 saturated carbocycles. The van der Waals surface area contributed by atoms with E-state index >= 15 is 0 Å². The highest BCUT2D eigenvalue weighted by Crippen LogP contribution is 2.29. The number of rotatable bonds is 5. The van der Waals surface area contributed by atoms with Crippen molar-refractivity contribution in [2.45, 2.75) is 25.6 Å². The molecule has 0 aliphatic heterocycles. The molecule has 18 heavy (non-hydrogen) atoms. The highest BCUT2D eigenvalue weighted by Gasteiger charge is 2.30. The average molecular weight is 242 g/mol. The van der Waals surface area contributed by atoms with Crippen LogP contribution in [0, 0.1) is 0 Å². The molecule has 0 saturated heterocycles. The van der Waals surface area contributed by atoms with Crippen molar-refractivity contribution in [3.8, 4) is 5.75 Å². The van der Waals surface area contributed by atoms with Gasteiger partial charge in [0.1, 0.15) is 5.75 Å². The van der Waals surface area contributed by atoms with Crippen molar-refractivity contribution >= 4 is 0 Å². The van der Waals surface area contributed by atoms with E-state index < -0.39 is 5.79 Å². The molecule has 2 aromatic carbocycles. The Balaban J connectivity index is 2.27. The second-order valence-corrected chi connectivity index (χ2v) is 4.32. The summed E-state index contributed by atoms with van der Waals surface area (Å²) < 4.78 is 5.78. The molecule has 0 spiro atoms. The van der Waals surface area contributed by atoms with Crippen LogP contribution >= 0.6 is 0 Å². The Morgan fingerprint density at radius 1 is 0.944 bits per heavy atom. The monoisotopic (exact) mass is 242 g/mol. The van der Waals surface area contributed by atoms with Crippen LogP contribution in [0.4, 0.5) is 0 Å². The lowest BCUT2D eigenvalue weighted by atomic mass is 10.0. The lowest BCUT2D eigenvalue weighted by Crippen LogP contribution is -2.32. The summed E-state index contributed by atoms with van der Waals surface area (Å²) in [4.78, 5) is 0. The molecule has 2 rings (SSSR count). The fourth-order valence-corrected chi connectivity index (χ4v) is 1.98. The molecule has 0 fully saturated rings. The van der Waals surface area contributed by atoms with Gasteiger partial charge in [-0.2, -0.15) is 0 Å². The summed E-state index contributed by atoms with van der Waals surface area (Å²) in [6.07, 6.45) is 1.41. The van der Waals surface area contributed by atoms with Gasteiger partial charge in [0.2, 0.25) is 5.79 Å². The molecule has 2 nitrogen and oxygen atoms in total. The van der Waals surface area contributed by atoms with Gasteiger partial charge >= 0.3 is 0 Å². The van der Waals surface area contributed by atoms with Crippen LogP contribution in [0.2, 0.25) is 0 Å². The zero-order chi connectivity index (χ0) is 12.8. The lowest BCUT2D eigenvalue weighted by molar-refractivity contribution is -0.151. The summed E-state index contributed by atoms with van der Waals surface area (Å²) in [6.45, 7) is 2.03. The van der Waals surface area contributed by atoms with Crippen LogP contribution in [-0.2, 0) is 5.79 Å². The number of benzene rings is 2. The van der Waals surface area contributed by atoms with Gasteiger partial charge in [0.25, 0.3) is 0 Å². The van der Waals surface area contributed by atoms with Gasteiger partial charge in [-0.05, 0) is 18.6 Å². The number of para-hydroxylation sites is 1. The Morgan fingerprint density at radius 3 is 2.06 bits per heavy atom. The smallest absolute Gasteiger partial charge is 0.234 e. The van der Waals surface area contributed by atoms with Crippen molar-refractivity contribution < 1.29 is 9.84 Å². The number of hydrogen-bond donors (Lipinski definition) is 1. The standard InChI is InChI=1S/C16H18O2/c1-2-13-16(17,14-9-5-3-6-10-14)18-15-11-7-4-8-12-15/h3-12,17H,2,13H2,1H3. The van der Waals surface area contributed by atoms with Crippen molar-refractivity contribution in [2.24, 2.45) is 0 Å². The van der Waals surface area contributed by atoms with Crippen LogP contribution in [0.25, 0.3) is 0 Å². The molecule has 0 aliphatic rings. The molecule has 1 atom stereocenters. The molecule has 0 amide bonds. The molecular formula is C16H18O2. The van der Waals surface area contributed by atoms with Crippen molar-refractivity contribution in [3.63, 3.8) is 0 Å². The van der Waals surface area contributed by atoms with E-state index in [1.807, 2.05) is 67.6 Å². The maximum atomic E-state index is 10.7. The van der Waals surface area contributed by atoms with Crippen LogP contribution in [0.5, 0.6) is 5.75 Å². The van der Waals surface area contributed by atoms with E-state index in [1.54, 1.807) is 0 Å². The summed E-state index contributed by atoms with van der Waals surface area (Å²) in [5, 5.41) is 10.7. The van der Waals surface area contributed by atoms with E-state index in [1.165, 1.54) is 0 Å². The molecule has 1 unspecified atom stereocenters. The minimum Gasteiger partial charge on any atom is -0.458 e. The van der Waals surface area contributed by atoms with E-state index in [2.05, 4.69) is 0 Å². The molecule has 0 aliphatic carbocycles. The van der Waals surface area contributed by atoms with Crippen LogP contribution in [0.15, 0.2) is 60.7 Å². The SMILES string of the molecule is CCCC(O)(Oc1ccccc1)c1ccccc1. The van der Waals surface area contributed by atoms with Gasteiger partial charge in [0.15, 0.2) is 0 Å². The van der Waals surface area contributed by atoms with E-state index in [0.29, 0.717) is 12.2 Å². The van der Waals surface area contributed by atoms with Crippen LogP contribution in [0.3, 0.4) is 0 Å². The van der Waals surface area contributed by atoms with Crippen molar-refractivity contribution in [2.75, 3.05) is 0 Å². The minimum absolute atomic E-state index is 0.561. The van der Waals surface area contributed by atoms with Gasteiger partial charge in [0, 0.05) is 12.0 Å². The summed E-state index contributed by atoms with van der Waals surface area (Å²) in [5.74, 6) is -0.575. The third kappa shape index (κ3) is 2.90. The summed E-state index contributed by atoms with van der Waals surface area (Å²) in [5.41, 5.74) is 0.788. The second kappa shape index (κ2) is 5.69. The number of hydrogen-bond acceptors (Lipinski definition) is 2. The molecule has 1 N–H and O–H groups in total. The van der Waals surface area contributed by atoms with E-state index in [4.69, 9.17) is 4.74 Å². The predicted molar refractivity (Wildman–Crippen MR) is 72.3 cm³/mol. The first kappa shape index (κ1) is 12.7. The van der Waals surface area contributed by atoms with Crippen molar-refractivity contribution in [3.05, 3.63) is 66.2 Å². The topological polar surface area (TPSA) is 29.5 Å². The predicted octanol–water partition coefficient (Wildman–Crippen LogP) is 3.71. The zero-order valence-corrected chi connectivity index (χ0v) is 10.5. The third-order valence-electron chi connectivity index (χ3n) is 2.84. The van der Waals surface area contributed by atoms with Crippen LogP contribution in [-0.4, -0.2) is 5.11 Å². The summed E-state index contributed by atoms with van der Waals surface area (Å²) in [7, 11) is 0. The fourth-order valence-electron chi connectivity index (χ4n) is 1.98. The van der Waals surface area contributed by atoms with E-state index in [-0.39, 0.29) is 0 Å². The van der Waals surface area contributed by atoms with Crippen LogP contribution < -0.4 is 4.74 Å². The molecule has 2 heteroatoms. The van der Waals surface area contributed by atoms with Gasteiger partial charge in [-0.25, -0.2) is 0 Å². The Morgan fingerprint density at radius 2 is 1.50 bits per heavy atom. The number of aliphatic hydroxyl groups is 1. The zero-order valence-electron chi connectivity index (χ0n) is 10.5. The Labute approximate surface area is 108 Å². The molecule has 94 valence electrons. The van der Waals surface area contributed by atoms with E-state index in [9.17, 15) is 5.11 Å². The first-order valence-corrected chi connectivity index (χ1v) is 6.26. The fraction of sp³-hybridized carbons (Fsp3) is 0.250. The van der Waals surface area contributed by atoms with Gasteiger partial charge in [0.05, 0.1) is 0 Å². The van der Waals surface area contributed by atoms with Crippen molar-refractivity contribution in [1.82, 2.24) is 0 Å². The van der Waals surface area contributed by atoms with Crippen molar-refractivity contribution in [1.29, 1.82) is 0 Å². The molecule has 0 aromatic heterocycles. The Hall–Kier alpha value is -1.80. The largest absolute Gasteiger partial charge is 0.458 e. The quantitative estimate of drug-likeness (QED) is 0.810. The molecule has 2 aromatic rings. The van der Waals surface area contributed by atoms with E-state index in [0.717, 1.165) is 12.0 Å². The normalized spacial score (nSPS) is 13.9. The Kier molecular flexibility index (Phi) is 4.00. The lowest BCUT2D eigenvalue weighted by Gasteiger charge is -2.29. The average Bonchev–Trinajstić information content (AvgIpc) is 2.41. The first-order valence-electron chi connectivity index (χ1n) is 6.26. The van der Waals surface area contributed by atoms with Crippen LogP contribution in [0.1, 0.15) is 25.3 Å². The van der Waals surface area contributed by atoms with Gasteiger partial charge in [-0.3, -0.25) is 0 Å². The maximum Gasteiger partial charge on any atom is 0.234 e. The second-order valence-electron chi connectivity index (χ2n) is 4.32. The third-order valence-corrected chi connectivity index (χ3v) is 2.84. The molecule has 0 radical (unpaired) electrons. The number of ether oxygens (including phenoxy) is 1. The summed E-state index contributed by atoms with van der Waals surface area (Å²) >= 11 is 0. The first-order chi connectivity index (χ1) is 8.74. The minimum atomic E-state index is -1.25. The van der Waals surface area contributed by atoms with Gasteiger partial charge in [-0.1, -0.05) is 55.5 Å². The van der Waals surface area contributed by atoms with Gasteiger partial charge in [-0.15, -0.1) is 0 Å². The highest BCUT2D eigenvalue weighted by molar-refractivity contribution is 5.26. The maximum absolute atomic E-state index is 10.7. The van der Waals surface area contributed by atoms with Gasteiger partial charge < -0.3 is 9.84 Å². The molecule has 0 bridgehead atoms.